The molecule has 28 heavy (non-hydrogen) atoms. The van der Waals surface area contributed by atoms with E-state index in [1.165, 1.54) is 0 Å². The molecule has 4 rings (SSSR count). The van der Waals surface area contributed by atoms with Gasteiger partial charge in [-0.25, -0.2) is 0 Å². The number of carbonyl (C=O) groups excluding carboxylic acids is 2. The molecule has 2 aliphatic rings. The molecule has 1 unspecified atom stereocenters. The lowest BCUT2D eigenvalue weighted by Gasteiger charge is -2.30. The molecule has 0 bridgehead atoms. The molecule has 2 amide bonds. The van der Waals surface area contributed by atoms with E-state index < -0.39 is 0 Å². The van der Waals surface area contributed by atoms with Crippen molar-refractivity contribution in [2.45, 2.75) is 32.7 Å². The summed E-state index contributed by atoms with van der Waals surface area (Å²) in [6.07, 6.45) is 0.971. The van der Waals surface area contributed by atoms with Crippen LogP contribution < -0.4 is 19.7 Å². The summed E-state index contributed by atoms with van der Waals surface area (Å²) >= 11 is 0. The van der Waals surface area contributed by atoms with Crippen molar-refractivity contribution in [3.05, 3.63) is 53.1 Å². The van der Waals surface area contributed by atoms with E-state index in [-0.39, 0.29) is 30.9 Å². The number of benzene rings is 2. The second-order valence-corrected chi connectivity index (χ2v) is 7.31. The monoisotopic (exact) mass is 380 g/mol. The maximum absolute atomic E-state index is 12.6. The van der Waals surface area contributed by atoms with Crippen molar-refractivity contribution < 1.29 is 19.1 Å². The summed E-state index contributed by atoms with van der Waals surface area (Å²) in [5, 5.41) is 3.12. The van der Waals surface area contributed by atoms with E-state index in [0.717, 1.165) is 28.9 Å². The molecular weight excluding hydrogens is 356 g/mol. The minimum absolute atomic E-state index is 0.00449. The number of anilines is 1. The van der Waals surface area contributed by atoms with Crippen LogP contribution in [0.15, 0.2) is 36.4 Å². The number of aryl methyl sites for hydroxylation is 2. The SMILES string of the molecule is Cc1cc(C)c2c(c1)C(NC(=O)CCN1C(=O)COc3ccccc31)CCO2. The number of ether oxygens (including phenoxy) is 2. The summed E-state index contributed by atoms with van der Waals surface area (Å²) in [7, 11) is 0. The molecule has 0 spiro atoms. The first-order valence-corrected chi connectivity index (χ1v) is 9.58. The topological polar surface area (TPSA) is 67.9 Å². The molecule has 0 aromatic heterocycles. The predicted molar refractivity (Wildman–Crippen MR) is 106 cm³/mol. The van der Waals surface area contributed by atoms with Gasteiger partial charge in [0.05, 0.1) is 18.3 Å². The molecule has 6 heteroatoms. The molecule has 1 atom stereocenters. The van der Waals surface area contributed by atoms with Crippen molar-refractivity contribution in [2.24, 2.45) is 0 Å². The Balaban J connectivity index is 1.43. The standard InChI is InChI=1S/C22H24N2O4/c1-14-11-15(2)22-16(12-14)17(8-10-27-22)23-20(25)7-9-24-18-5-3-4-6-19(18)28-13-21(24)26/h3-6,11-12,17H,7-10,13H2,1-2H3,(H,23,25). The zero-order chi connectivity index (χ0) is 19.7. The maximum Gasteiger partial charge on any atom is 0.265 e. The molecular formula is C22H24N2O4. The third kappa shape index (κ3) is 3.54. The van der Waals surface area contributed by atoms with Gasteiger partial charge in [-0.1, -0.05) is 29.8 Å². The molecule has 146 valence electrons. The predicted octanol–water partition coefficient (Wildman–Crippen LogP) is 3.06. The quantitative estimate of drug-likeness (QED) is 0.885. The van der Waals surface area contributed by atoms with Crippen molar-refractivity contribution in [2.75, 3.05) is 24.7 Å². The van der Waals surface area contributed by atoms with Gasteiger partial charge in [0.2, 0.25) is 5.91 Å². The lowest BCUT2D eigenvalue weighted by Crippen LogP contribution is -2.41. The number of rotatable bonds is 4. The van der Waals surface area contributed by atoms with Gasteiger partial charge in [-0.05, 0) is 31.5 Å². The Labute approximate surface area is 164 Å². The lowest BCUT2D eigenvalue weighted by molar-refractivity contribution is -0.122. The van der Waals surface area contributed by atoms with Gasteiger partial charge in [-0.15, -0.1) is 0 Å². The molecule has 6 nitrogen and oxygen atoms in total. The molecule has 2 aliphatic heterocycles. The summed E-state index contributed by atoms with van der Waals surface area (Å²) in [6.45, 7) is 4.98. The average Bonchev–Trinajstić information content (AvgIpc) is 2.68. The smallest absolute Gasteiger partial charge is 0.265 e. The van der Waals surface area contributed by atoms with E-state index >= 15 is 0 Å². The van der Waals surface area contributed by atoms with Gasteiger partial charge < -0.3 is 19.7 Å². The zero-order valence-corrected chi connectivity index (χ0v) is 16.2. The van der Waals surface area contributed by atoms with Crippen LogP contribution in [0.2, 0.25) is 0 Å². The van der Waals surface area contributed by atoms with Crippen molar-refractivity contribution >= 4 is 17.5 Å². The first kappa shape index (κ1) is 18.3. The Hall–Kier alpha value is -3.02. The van der Waals surface area contributed by atoms with E-state index in [2.05, 4.69) is 17.4 Å². The van der Waals surface area contributed by atoms with Crippen LogP contribution in [0.3, 0.4) is 0 Å². The fourth-order valence-electron chi connectivity index (χ4n) is 3.91. The second-order valence-electron chi connectivity index (χ2n) is 7.31. The molecule has 0 saturated heterocycles. The number of nitrogens with zero attached hydrogens (tertiary/aromatic N) is 1. The molecule has 0 fully saturated rings. The third-order valence-electron chi connectivity index (χ3n) is 5.18. The van der Waals surface area contributed by atoms with E-state index in [0.29, 0.717) is 24.6 Å². The van der Waals surface area contributed by atoms with Gasteiger partial charge >= 0.3 is 0 Å². The molecule has 0 saturated carbocycles. The summed E-state index contributed by atoms with van der Waals surface area (Å²) in [6, 6.07) is 11.5. The highest BCUT2D eigenvalue weighted by Gasteiger charge is 2.27. The highest BCUT2D eigenvalue weighted by atomic mass is 16.5. The van der Waals surface area contributed by atoms with E-state index in [1.807, 2.05) is 38.1 Å². The van der Waals surface area contributed by atoms with Crippen LogP contribution in [0.1, 0.15) is 35.6 Å². The second kappa shape index (κ2) is 7.54. The summed E-state index contributed by atoms with van der Waals surface area (Å²) in [5.41, 5.74) is 3.99. The lowest BCUT2D eigenvalue weighted by atomic mass is 9.95. The summed E-state index contributed by atoms with van der Waals surface area (Å²) in [4.78, 5) is 26.5. The Kier molecular flexibility index (Phi) is 4.94. The fraction of sp³-hybridized carbons (Fsp3) is 0.364. The first-order valence-electron chi connectivity index (χ1n) is 9.58. The third-order valence-corrected chi connectivity index (χ3v) is 5.18. The van der Waals surface area contributed by atoms with Crippen LogP contribution in [0.5, 0.6) is 11.5 Å². The minimum Gasteiger partial charge on any atom is -0.493 e. The van der Waals surface area contributed by atoms with Crippen molar-refractivity contribution in [1.82, 2.24) is 5.32 Å². The van der Waals surface area contributed by atoms with Gasteiger partial charge in [0.15, 0.2) is 6.61 Å². The number of amides is 2. The van der Waals surface area contributed by atoms with Crippen molar-refractivity contribution in [3.8, 4) is 11.5 Å². The Morgan fingerprint density at radius 3 is 2.89 bits per heavy atom. The maximum atomic E-state index is 12.6. The number of para-hydroxylation sites is 2. The summed E-state index contributed by atoms with van der Waals surface area (Å²) < 4.78 is 11.3. The highest BCUT2D eigenvalue weighted by Crippen LogP contribution is 2.36. The molecule has 2 aromatic carbocycles. The molecule has 2 aromatic rings. The fourth-order valence-corrected chi connectivity index (χ4v) is 3.91. The van der Waals surface area contributed by atoms with Gasteiger partial charge in [0.1, 0.15) is 11.5 Å². The minimum atomic E-state index is -0.130. The van der Waals surface area contributed by atoms with E-state index in [9.17, 15) is 9.59 Å². The number of hydrogen-bond acceptors (Lipinski definition) is 4. The van der Waals surface area contributed by atoms with Crippen LogP contribution in [-0.2, 0) is 9.59 Å². The molecule has 0 radical (unpaired) electrons. The summed E-state index contributed by atoms with van der Waals surface area (Å²) in [5.74, 6) is 1.34. The van der Waals surface area contributed by atoms with Gasteiger partial charge in [0, 0.05) is 24.9 Å². The molecule has 1 N–H and O–H groups in total. The largest absolute Gasteiger partial charge is 0.493 e. The number of nitrogens with one attached hydrogen (secondary N) is 1. The number of fused-ring (bicyclic) bond motifs is 2. The Morgan fingerprint density at radius 2 is 2.04 bits per heavy atom. The Bertz CT molecular complexity index is 925. The highest BCUT2D eigenvalue weighted by molar-refractivity contribution is 5.98. The van der Waals surface area contributed by atoms with Gasteiger partial charge in [-0.2, -0.15) is 0 Å². The van der Waals surface area contributed by atoms with E-state index in [4.69, 9.17) is 9.47 Å². The normalized spacial score (nSPS) is 17.9. The first-order chi connectivity index (χ1) is 13.5. The van der Waals surface area contributed by atoms with Crippen molar-refractivity contribution in [1.29, 1.82) is 0 Å². The van der Waals surface area contributed by atoms with Crippen LogP contribution in [-0.4, -0.2) is 31.6 Å². The number of hydrogen-bond donors (Lipinski definition) is 1. The van der Waals surface area contributed by atoms with Crippen LogP contribution in [0.4, 0.5) is 5.69 Å². The van der Waals surface area contributed by atoms with E-state index in [1.54, 1.807) is 4.90 Å². The molecule has 2 heterocycles. The van der Waals surface area contributed by atoms with Crippen LogP contribution in [0, 0.1) is 13.8 Å². The van der Waals surface area contributed by atoms with Gasteiger partial charge in [0.25, 0.3) is 5.91 Å². The van der Waals surface area contributed by atoms with Gasteiger partial charge in [-0.3, -0.25) is 9.59 Å². The van der Waals surface area contributed by atoms with Crippen LogP contribution in [0.25, 0.3) is 0 Å². The zero-order valence-electron chi connectivity index (χ0n) is 16.2. The van der Waals surface area contributed by atoms with Crippen molar-refractivity contribution in [3.63, 3.8) is 0 Å². The Morgan fingerprint density at radius 1 is 1.21 bits per heavy atom. The number of carbonyl (C=O) groups is 2. The average molecular weight is 380 g/mol. The van der Waals surface area contributed by atoms with Crippen LogP contribution >= 0.6 is 0 Å². The molecule has 0 aliphatic carbocycles.